The Morgan fingerprint density at radius 2 is 2.05 bits per heavy atom. The summed E-state index contributed by atoms with van der Waals surface area (Å²) >= 11 is 12.6. The molecule has 108 valence electrons. The van der Waals surface area contributed by atoms with Gasteiger partial charge in [-0.3, -0.25) is 0 Å². The Morgan fingerprint density at radius 1 is 1.19 bits per heavy atom. The lowest BCUT2D eigenvalue weighted by atomic mass is 10.1. The van der Waals surface area contributed by atoms with E-state index < -0.39 is 0 Å². The molecular weight excluding hydrogens is 309 g/mol. The Hall–Kier alpha value is -1.72. The maximum absolute atomic E-state index is 6.39. The zero-order valence-electron chi connectivity index (χ0n) is 11.4. The molecule has 0 aliphatic carbocycles. The fourth-order valence-corrected chi connectivity index (χ4v) is 3.42. The molecule has 0 bridgehead atoms. The molecule has 3 aromatic rings. The molecule has 1 aliphatic rings. The number of hydrogen-bond acceptors (Lipinski definition) is 3. The molecule has 1 aliphatic heterocycles. The molecule has 0 spiro atoms. The van der Waals surface area contributed by atoms with E-state index in [1.165, 1.54) is 5.69 Å². The summed E-state index contributed by atoms with van der Waals surface area (Å²) in [4.78, 5) is 6.85. The second kappa shape index (κ2) is 4.64. The van der Waals surface area contributed by atoms with Gasteiger partial charge >= 0.3 is 0 Å². The average molecular weight is 322 g/mol. The maximum atomic E-state index is 6.39. The molecule has 0 amide bonds. The van der Waals surface area contributed by atoms with Crippen molar-refractivity contribution < 1.29 is 0 Å². The Bertz CT molecular complexity index is 822. The van der Waals surface area contributed by atoms with Crippen LogP contribution in [0, 0.1) is 0 Å². The van der Waals surface area contributed by atoms with Crippen LogP contribution in [0.15, 0.2) is 30.6 Å². The van der Waals surface area contributed by atoms with Crippen molar-refractivity contribution in [3.8, 4) is 0 Å². The lowest BCUT2D eigenvalue weighted by Crippen LogP contribution is -2.37. The molecule has 1 atom stereocenters. The largest absolute Gasteiger partial charge is 0.345 e. The Labute approximate surface area is 131 Å². The third-order valence-corrected chi connectivity index (χ3v) is 4.61. The smallest absolute Gasteiger partial charge is 0.157 e. The fraction of sp³-hybridized carbons (Fsp3) is 0.286. The van der Waals surface area contributed by atoms with Crippen molar-refractivity contribution in [1.82, 2.24) is 19.2 Å². The summed E-state index contributed by atoms with van der Waals surface area (Å²) < 4.78 is 3.81. The minimum Gasteiger partial charge on any atom is -0.345 e. The molecule has 0 saturated heterocycles. The zero-order valence-corrected chi connectivity index (χ0v) is 12.9. The van der Waals surface area contributed by atoms with Crippen molar-refractivity contribution >= 4 is 34.7 Å². The highest BCUT2D eigenvalue weighted by molar-refractivity contribution is 6.33. The van der Waals surface area contributed by atoms with Gasteiger partial charge in [-0.05, 0) is 19.1 Å². The van der Waals surface area contributed by atoms with Crippen molar-refractivity contribution in [2.45, 2.75) is 19.5 Å². The zero-order chi connectivity index (χ0) is 14.6. The predicted octanol–water partition coefficient (Wildman–Crippen LogP) is 3.42. The second-order valence-corrected chi connectivity index (χ2v) is 5.94. The highest BCUT2D eigenvalue weighted by Gasteiger charge is 2.27. The van der Waals surface area contributed by atoms with Gasteiger partial charge in [-0.15, -0.1) is 0 Å². The van der Waals surface area contributed by atoms with Gasteiger partial charge in [-0.1, -0.05) is 23.2 Å². The predicted molar refractivity (Wildman–Crippen MR) is 83.2 cm³/mol. The van der Waals surface area contributed by atoms with Crippen LogP contribution < -0.4 is 4.90 Å². The van der Waals surface area contributed by atoms with E-state index in [0.717, 1.165) is 29.7 Å². The number of anilines is 1. The van der Waals surface area contributed by atoms with Gasteiger partial charge in [0.2, 0.25) is 0 Å². The second-order valence-electron chi connectivity index (χ2n) is 5.15. The number of fused-ring (bicyclic) bond motifs is 2. The van der Waals surface area contributed by atoms with Crippen LogP contribution in [0.1, 0.15) is 18.7 Å². The van der Waals surface area contributed by atoms with E-state index in [2.05, 4.69) is 32.5 Å². The first kappa shape index (κ1) is 13.0. The molecule has 3 aromatic heterocycles. The van der Waals surface area contributed by atoms with Gasteiger partial charge in [-0.25, -0.2) is 9.50 Å². The molecule has 7 heteroatoms. The highest BCUT2D eigenvalue weighted by atomic mass is 35.5. The van der Waals surface area contributed by atoms with E-state index in [4.69, 9.17) is 23.2 Å². The monoisotopic (exact) mass is 321 g/mol. The van der Waals surface area contributed by atoms with Crippen LogP contribution in [0.5, 0.6) is 0 Å². The summed E-state index contributed by atoms with van der Waals surface area (Å²) in [5, 5.41) is 5.53. The van der Waals surface area contributed by atoms with E-state index in [1.54, 1.807) is 16.9 Å². The first-order valence-electron chi connectivity index (χ1n) is 6.76. The number of hydrogen-bond donors (Lipinski definition) is 0. The number of rotatable bonds is 1. The van der Waals surface area contributed by atoms with Gasteiger partial charge in [0, 0.05) is 24.8 Å². The van der Waals surface area contributed by atoms with E-state index in [1.807, 2.05) is 12.1 Å². The number of halogens is 2. The number of nitrogens with zero attached hydrogens (tertiary/aromatic N) is 5. The summed E-state index contributed by atoms with van der Waals surface area (Å²) in [6.07, 6.45) is 3.51. The average Bonchev–Trinajstić information content (AvgIpc) is 3.06. The fourth-order valence-electron chi connectivity index (χ4n) is 2.93. The van der Waals surface area contributed by atoms with E-state index in [0.29, 0.717) is 5.02 Å². The molecule has 4 heterocycles. The van der Waals surface area contributed by atoms with Crippen LogP contribution in [0.3, 0.4) is 0 Å². The molecule has 0 saturated carbocycles. The highest BCUT2D eigenvalue weighted by Crippen LogP contribution is 2.35. The van der Waals surface area contributed by atoms with Crippen LogP contribution in [0.4, 0.5) is 5.82 Å². The topological polar surface area (TPSA) is 38.4 Å². The molecule has 0 fully saturated rings. The van der Waals surface area contributed by atoms with Gasteiger partial charge in [0.05, 0.1) is 18.4 Å². The summed E-state index contributed by atoms with van der Waals surface area (Å²) in [5.74, 6) is 0.792. The molecule has 1 unspecified atom stereocenters. The van der Waals surface area contributed by atoms with Gasteiger partial charge in [-0.2, -0.15) is 5.10 Å². The summed E-state index contributed by atoms with van der Waals surface area (Å²) in [6.45, 7) is 3.79. The lowest BCUT2D eigenvalue weighted by Gasteiger charge is -2.36. The first-order valence-corrected chi connectivity index (χ1v) is 7.52. The van der Waals surface area contributed by atoms with Crippen LogP contribution in [0.25, 0.3) is 5.65 Å². The van der Waals surface area contributed by atoms with Gasteiger partial charge < -0.3 is 9.47 Å². The quantitative estimate of drug-likeness (QED) is 0.689. The molecule has 5 nitrogen and oxygen atoms in total. The Morgan fingerprint density at radius 3 is 2.90 bits per heavy atom. The number of aromatic nitrogens is 4. The minimum absolute atomic E-state index is 0.168. The molecular formula is C14H13Cl2N5. The molecule has 21 heavy (non-hydrogen) atoms. The van der Waals surface area contributed by atoms with Crippen molar-refractivity contribution in [3.63, 3.8) is 0 Å². The van der Waals surface area contributed by atoms with Crippen molar-refractivity contribution in [2.24, 2.45) is 0 Å². The minimum atomic E-state index is 0.168. The summed E-state index contributed by atoms with van der Waals surface area (Å²) in [6, 6.07) is 6.03. The van der Waals surface area contributed by atoms with Crippen molar-refractivity contribution in [1.29, 1.82) is 0 Å². The van der Waals surface area contributed by atoms with Gasteiger partial charge in [0.15, 0.2) is 11.5 Å². The first-order chi connectivity index (χ1) is 10.1. The Kier molecular flexibility index (Phi) is 2.87. The summed E-state index contributed by atoms with van der Waals surface area (Å²) in [7, 11) is 0. The van der Waals surface area contributed by atoms with Crippen LogP contribution in [-0.4, -0.2) is 25.7 Å². The normalized spacial score (nSPS) is 18.2. The standard InChI is InChI=1S/C14H13Cl2N5/c1-9-11-2-3-12(16)20(11)7-6-19(9)14-10(15)8-21-13(18-14)4-5-17-21/h2-5,8-9H,6-7H2,1H3. The SMILES string of the molecule is CC1c2ccc(Cl)n2CCN1c1nc2ccnn2cc1Cl. The van der Waals surface area contributed by atoms with Crippen LogP contribution in [-0.2, 0) is 6.54 Å². The molecule has 0 N–H and O–H groups in total. The summed E-state index contributed by atoms with van der Waals surface area (Å²) in [5.41, 5.74) is 1.97. The van der Waals surface area contributed by atoms with E-state index in [9.17, 15) is 0 Å². The Balaban J connectivity index is 1.80. The third kappa shape index (κ3) is 1.92. The molecule has 0 radical (unpaired) electrons. The van der Waals surface area contributed by atoms with Crippen LogP contribution in [0.2, 0.25) is 10.2 Å². The lowest BCUT2D eigenvalue weighted by molar-refractivity contribution is 0.506. The van der Waals surface area contributed by atoms with E-state index >= 15 is 0 Å². The van der Waals surface area contributed by atoms with Gasteiger partial charge in [0.1, 0.15) is 10.2 Å². The van der Waals surface area contributed by atoms with Gasteiger partial charge in [0.25, 0.3) is 0 Å². The van der Waals surface area contributed by atoms with Crippen LogP contribution >= 0.6 is 23.2 Å². The van der Waals surface area contributed by atoms with Crippen molar-refractivity contribution in [2.75, 3.05) is 11.4 Å². The molecule has 4 rings (SSSR count). The van der Waals surface area contributed by atoms with E-state index in [-0.39, 0.29) is 6.04 Å². The third-order valence-electron chi connectivity index (χ3n) is 4.01. The maximum Gasteiger partial charge on any atom is 0.157 e. The van der Waals surface area contributed by atoms with Crippen molar-refractivity contribution in [3.05, 3.63) is 46.5 Å². The molecule has 0 aromatic carbocycles.